The van der Waals surface area contributed by atoms with Crippen molar-refractivity contribution in [2.75, 3.05) is 33.1 Å². The van der Waals surface area contributed by atoms with E-state index >= 15 is 0 Å². The van der Waals surface area contributed by atoms with E-state index in [1.165, 1.54) is 0 Å². The highest BCUT2D eigenvalue weighted by Crippen LogP contribution is 2.18. The summed E-state index contributed by atoms with van der Waals surface area (Å²) >= 11 is 1.65. The first kappa shape index (κ1) is 15.8. The summed E-state index contributed by atoms with van der Waals surface area (Å²) in [5.41, 5.74) is 0.787. The summed E-state index contributed by atoms with van der Waals surface area (Å²) in [5.74, 6) is 0. The molecule has 106 valence electrons. The molecule has 1 aromatic rings. The fourth-order valence-electron chi connectivity index (χ4n) is 1.46. The molecule has 0 saturated carbocycles. The van der Waals surface area contributed by atoms with Gasteiger partial charge in [0.25, 0.3) is 0 Å². The Hall–Kier alpha value is -1.24. The summed E-state index contributed by atoms with van der Waals surface area (Å²) < 4.78 is 4.82. The van der Waals surface area contributed by atoms with E-state index in [0.29, 0.717) is 13.2 Å². The number of rotatable bonds is 7. The molecule has 0 radical (unpaired) electrons. The highest BCUT2D eigenvalue weighted by Gasteiger charge is 2.09. The van der Waals surface area contributed by atoms with E-state index in [1.54, 1.807) is 18.9 Å². The maximum atomic E-state index is 11.4. The lowest BCUT2D eigenvalue weighted by atomic mass is 10.1. The lowest BCUT2D eigenvalue weighted by molar-refractivity contribution is 0.170. The Morgan fingerprint density at radius 2 is 2.05 bits per heavy atom. The summed E-state index contributed by atoms with van der Waals surface area (Å²) in [6.45, 7) is 1.09. The molecular weight excluding hydrogens is 264 g/mol. The zero-order valence-corrected chi connectivity index (χ0v) is 12.0. The largest absolute Gasteiger partial charge is 0.387 e. The van der Waals surface area contributed by atoms with Crippen molar-refractivity contribution in [3.05, 3.63) is 29.8 Å². The number of nitrogens with one attached hydrogen (secondary N) is 2. The lowest BCUT2D eigenvalue weighted by Crippen LogP contribution is -2.39. The van der Waals surface area contributed by atoms with Crippen molar-refractivity contribution in [3.63, 3.8) is 0 Å². The maximum Gasteiger partial charge on any atom is 0.314 e. The number of thioether (sulfide) groups is 1. The molecule has 1 unspecified atom stereocenters. The van der Waals surface area contributed by atoms with Crippen molar-refractivity contribution in [3.8, 4) is 0 Å². The van der Waals surface area contributed by atoms with Crippen LogP contribution in [0, 0.1) is 0 Å². The number of amides is 2. The fourth-order valence-corrected chi connectivity index (χ4v) is 1.87. The molecule has 0 heterocycles. The quantitative estimate of drug-likeness (QED) is 0.523. The van der Waals surface area contributed by atoms with Crippen LogP contribution in [0.15, 0.2) is 29.2 Å². The summed E-state index contributed by atoms with van der Waals surface area (Å²) in [6.07, 6.45) is 1.29. The van der Waals surface area contributed by atoms with Crippen molar-refractivity contribution in [2.24, 2.45) is 0 Å². The zero-order chi connectivity index (χ0) is 14.1. The first-order chi connectivity index (χ1) is 9.17. The van der Waals surface area contributed by atoms with Crippen molar-refractivity contribution < 1.29 is 14.6 Å². The smallest absolute Gasteiger partial charge is 0.314 e. The number of ether oxygens (including phenoxy) is 1. The van der Waals surface area contributed by atoms with Crippen LogP contribution in [-0.2, 0) is 4.74 Å². The molecule has 0 bridgehead atoms. The maximum absolute atomic E-state index is 11.4. The average molecular weight is 284 g/mol. The summed E-state index contributed by atoms with van der Waals surface area (Å²) in [5, 5.41) is 15.2. The molecule has 3 N–H and O–H groups in total. The number of benzene rings is 1. The van der Waals surface area contributed by atoms with E-state index in [9.17, 15) is 9.90 Å². The van der Waals surface area contributed by atoms with E-state index in [0.717, 1.165) is 10.5 Å². The highest BCUT2D eigenvalue weighted by atomic mass is 32.2. The predicted octanol–water partition coefficient (Wildman–Crippen LogP) is 1.39. The molecule has 1 aromatic carbocycles. The van der Waals surface area contributed by atoms with Gasteiger partial charge in [-0.15, -0.1) is 11.8 Å². The Kier molecular flexibility index (Phi) is 7.32. The van der Waals surface area contributed by atoms with E-state index in [-0.39, 0.29) is 12.6 Å². The van der Waals surface area contributed by atoms with Crippen LogP contribution in [0.1, 0.15) is 11.7 Å². The van der Waals surface area contributed by atoms with Gasteiger partial charge in [0, 0.05) is 25.1 Å². The number of methoxy groups -OCH3 is 1. The molecule has 19 heavy (non-hydrogen) atoms. The van der Waals surface area contributed by atoms with Crippen molar-refractivity contribution in [2.45, 2.75) is 11.0 Å². The van der Waals surface area contributed by atoms with Crippen LogP contribution < -0.4 is 10.6 Å². The van der Waals surface area contributed by atoms with Crippen LogP contribution in [0.5, 0.6) is 0 Å². The summed E-state index contributed by atoms with van der Waals surface area (Å²) in [4.78, 5) is 12.5. The molecule has 1 rings (SSSR count). The zero-order valence-electron chi connectivity index (χ0n) is 11.2. The standard InChI is InChI=1S/C13H20N2O3S/c1-18-8-7-14-13(17)15-9-12(16)10-3-5-11(19-2)6-4-10/h3-6,12,16H,7-9H2,1-2H3,(H2,14,15,17). The van der Waals surface area contributed by atoms with Crippen molar-refractivity contribution in [1.82, 2.24) is 10.6 Å². The summed E-state index contributed by atoms with van der Waals surface area (Å²) in [7, 11) is 1.57. The van der Waals surface area contributed by atoms with Crippen LogP contribution in [0.2, 0.25) is 0 Å². The van der Waals surface area contributed by atoms with Gasteiger partial charge in [-0.05, 0) is 24.0 Å². The van der Waals surface area contributed by atoms with Gasteiger partial charge in [0.1, 0.15) is 0 Å². The number of carbonyl (C=O) groups is 1. The fraction of sp³-hybridized carbons (Fsp3) is 0.462. The molecule has 0 aromatic heterocycles. The van der Waals surface area contributed by atoms with Crippen LogP contribution in [-0.4, -0.2) is 44.2 Å². The van der Waals surface area contributed by atoms with Crippen molar-refractivity contribution in [1.29, 1.82) is 0 Å². The van der Waals surface area contributed by atoms with Gasteiger partial charge >= 0.3 is 6.03 Å². The molecule has 0 aliphatic heterocycles. The second kappa shape index (κ2) is 8.79. The first-order valence-corrected chi connectivity index (χ1v) is 7.22. The molecular formula is C13H20N2O3S. The lowest BCUT2D eigenvalue weighted by Gasteiger charge is -2.13. The van der Waals surface area contributed by atoms with Gasteiger partial charge in [0.15, 0.2) is 0 Å². The molecule has 0 spiro atoms. The van der Waals surface area contributed by atoms with E-state index in [2.05, 4.69) is 10.6 Å². The van der Waals surface area contributed by atoms with Gasteiger partial charge in [-0.2, -0.15) is 0 Å². The number of aliphatic hydroxyl groups excluding tert-OH is 1. The van der Waals surface area contributed by atoms with Gasteiger partial charge in [-0.3, -0.25) is 0 Å². The van der Waals surface area contributed by atoms with E-state index < -0.39 is 6.10 Å². The van der Waals surface area contributed by atoms with E-state index in [1.807, 2.05) is 30.5 Å². The third kappa shape index (κ3) is 5.96. The minimum Gasteiger partial charge on any atom is -0.387 e. The topological polar surface area (TPSA) is 70.6 Å². The molecule has 6 heteroatoms. The predicted molar refractivity (Wildman–Crippen MR) is 76.5 cm³/mol. The van der Waals surface area contributed by atoms with Gasteiger partial charge in [-0.25, -0.2) is 4.79 Å². The minimum atomic E-state index is -0.705. The normalized spacial score (nSPS) is 11.9. The Balaban J connectivity index is 2.33. The van der Waals surface area contributed by atoms with Crippen LogP contribution >= 0.6 is 11.8 Å². The van der Waals surface area contributed by atoms with Crippen molar-refractivity contribution >= 4 is 17.8 Å². The number of hydrogen-bond donors (Lipinski definition) is 3. The molecule has 0 aliphatic carbocycles. The number of carbonyl (C=O) groups excluding carboxylic acids is 1. The Labute approximate surface area is 117 Å². The van der Waals surface area contributed by atoms with E-state index in [4.69, 9.17) is 4.74 Å². The molecule has 2 amide bonds. The Morgan fingerprint density at radius 1 is 1.37 bits per heavy atom. The SMILES string of the molecule is COCCNC(=O)NCC(O)c1ccc(SC)cc1. The minimum absolute atomic E-state index is 0.178. The van der Waals surface area contributed by atoms with Crippen LogP contribution in [0.25, 0.3) is 0 Å². The molecule has 0 aliphatic rings. The highest BCUT2D eigenvalue weighted by molar-refractivity contribution is 7.98. The Bertz CT molecular complexity index is 384. The number of aliphatic hydroxyl groups is 1. The molecule has 0 fully saturated rings. The monoisotopic (exact) mass is 284 g/mol. The van der Waals surface area contributed by atoms with Crippen LogP contribution in [0.4, 0.5) is 4.79 Å². The first-order valence-electron chi connectivity index (χ1n) is 6.00. The average Bonchev–Trinajstić information content (AvgIpc) is 2.45. The molecule has 1 atom stereocenters. The van der Waals surface area contributed by atoms with Gasteiger partial charge in [0.05, 0.1) is 12.7 Å². The third-order valence-corrected chi connectivity index (χ3v) is 3.29. The number of urea groups is 1. The molecule has 5 nitrogen and oxygen atoms in total. The summed E-state index contributed by atoms with van der Waals surface area (Å²) in [6, 6.07) is 7.31. The third-order valence-electron chi connectivity index (χ3n) is 2.55. The second-order valence-corrected chi connectivity index (χ2v) is 4.80. The van der Waals surface area contributed by atoms with Crippen LogP contribution in [0.3, 0.4) is 0 Å². The van der Waals surface area contributed by atoms with Gasteiger partial charge < -0.3 is 20.5 Å². The van der Waals surface area contributed by atoms with Gasteiger partial charge in [-0.1, -0.05) is 12.1 Å². The van der Waals surface area contributed by atoms with Gasteiger partial charge in [0.2, 0.25) is 0 Å². The Morgan fingerprint density at radius 3 is 2.63 bits per heavy atom. The second-order valence-electron chi connectivity index (χ2n) is 3.92. The number of hydrogen-bond acceptors (Lipinski definition) is 4. The molecule has 0 saturated heterocycles.